The number of aromatic nitrogens is 2. The standard InChI is InChI=1S/C14H12FN3/c15-11-3-1-2-10-7-13(18-14(10)11)12-6-9(8-16)4-5-17-12/h1-7,18H,8,16H2. The lowest BCUT2D eigenvalue weighted by atomic mass is 10.2. The molecule has 0 unspecified atom stereocenters. The highest BCUT2D eigenvalue weighted by Gasteiger charge is 2.07. The average Bonchev–Trinajstić information content (AvgIpc) is 2.84. The Hall–Kier alpha value is -2.20. The van der Waals surface area contributed by atoms with Crippen molar-refractivity contribution in [2.24, 2.45) is 5.73 Å². The average molecular weight is 241 g/mol. The van der Waals surface area contributed by atoms with Crippen LogP contribution in [-0.2, 0) is 6.54 Å². The number of H-pyrrole nitrogens is 1. The molecule has 3 N–H and O–H groups in total. The van der Waals surface area contributed by atoms with E-state index in [-0.39, 0.29) is 5.82 Å². The lowest BCUT2D eigenvalue weighted by Crippen LogP contribution is -1.97. The van der Waals surface area contributed by atoms with E-state index in [0.29, 0.717) is 12.1 Å². The zero-order valence-corrected chi connectivity index (χ0v) is 9.65. The molecule has 0 spiro atoms. The number of pyridine rings is 1. The van der Waals surface area contributed by atoms with E-state index in [2.05, 4.69) is 9.97 Å². The van der Waals surface area contributed by atoms with Gasteiger partial charge in [0.15, 0.2) is 0 Å². The Morgan fingerprint density at radius 2 is 2.11 bits per heavy atom. The molecule has 0 aliphatic rings. The van der Waals surface area contributed by atoms with Crippen LogP contribution in [0.25, 0.3) is 22.3 Å². The first-order valence-electron chi connectivity index (χ1n) is 5.70. The molecule has 90 valence electrons. The molecular weight excluding hydrogens is 229 g/mol. The van der Waals surface area contributed by atoms with Crippen molar-refractivity contribution in [2.75, 3.05) is 0 Å². The van der Waals surface area contributed by atoms with Crippen molar-refractivity contribution in [3.63, 3.8) is 0 Å². The molecule has 18 heavy (non-hydrogen) atoms. The fourth-order valence-corrected chi connectivity index (χ4v) is 2.01. The van der Waals surface area contributed by atoms with Gasteiger partial charge in [-0.3, -0.25) is 4.98 Å². The fraction of sp³-hybridized carbons (Fsp3) is 0.0714. The van der Waals surface area contributed by atoms with E-state index < -0.39 is 0 Å². The Bertz CT molecular complexity index is 703. The first kappa shape index (κ1) is 10.9. The number of nitrogens with zero attached hydrogens (tertiary/aromatic N) is 1. The maximum absolute atomic E-state index is 13.6. The quantitative estimate of drug-likeness (QED) is 0.724. The summed E-state index contributed by atoms with van der Waals surface area (Å²) in [6.07, 6.45) is 1.71. The second kappa shape index (κ2) is 4.23. The van der Waals surface area contributed by atoms with E-state index >= 15 is 0 Å². The fourth-order valence-electron chi connectivity index (χ4n) is 2.01. The lowest BCUT2D eigenvalue weighted by Gasteiger charge is -2.00. The molecule has 0 radical (unpaired) electrons. The number of benzene rings is 1. The summed E-state index contributed by atoms with van der Waals surface area (Å²) in [4.78, 5) is 7.33. The molecule has 0 bridgehead atoms. The summed E-state index contributed by atoms with van der Waals surface area (Å²) < 4.78 is 13.6. The van der Waals surface area contributed by atoms with Gasteiger partial charge in [0, 0.05) is 18.1 Å². The van der Waals surface area contributed by atoms with Crippen LogP contribution in [0.4, 0.5) is 4.39 Å². The molecule has 0 amide bonds. The molecule has 1 aromatic carbocycles. The minimum atomic E-state index is -0.256. The van der Waals surface area contributed by atoms with Crippen LogP contribution < -0.4 is 5.73 Å². The Morgan fingerprint density at radius 3 is 2.89 bits per heavy atom. The molecule has 4 heteroatoms. The summed E-state index contributed by atoms with van der Waals surface area (Å²) in [5, 5.41) is 0.838. The number of fused-ring (bicyclic) bond motifs is 1. The minimum absolute atomic E-state index is 0.256. The van der Waals surface area contributed by atoms with Crippen molar-refractivity contribution in [1.82, 2.24) is 9.97 Å². The number of aromatic amines is 1. The zero-order chi connectivity index (χ0) is 12.5. The Balaban J connectivity index is 2.16. The molecule has 2 aromatic heterocycles. The third-order valence-corrected chi connectivity index (χ3v) is 2.94. The topological polar surface area (TPSA) is 54.7 Å². The van der Waals surface area contributed by atoms with Crippen LogP contribution in [0.15, 0.2) is 42.6 Å². The van der Waals surface area contributed by atoms with Crippen molar-refractivity contribution < 1.29 is 4.39 Å². The molecule has 3 rings (SSSR count). The number of rotatable bonds is 2. The largest absolute Gasteiger partial charge is 0.351 e. The van der Waals surface area contributed by atoms with Gasteiger partial charge in [-0.15, -0.1) is 0 Å². The summed E-state index contributed by atoms with van der Waals surface area (Å²) in [5.74, 6) is -0.256. The number of nitrogens with one attached hydrogen (secondary N) is 1. The van der Waals surface area contributed by atoms with Gasteiger partial charge in [0.25, 0.3) is 0 Å². The molecule has 0 fully saturated rings. The van der Waals surface area contributed by atoms with E-state index in [9.17, 15) is 4.39 Å². The molecule has 2 heterocycles. The molecule has 0 saturated heterocycles. The summed E-state index contributed by atoms with van der Waals surface area (Å²) in [7, 11) is 0. The highest BCUT2D eigenvalue weighted by molar-refractivity contribution is 5.85. The molecule has 0 atom stereocenters. The smallest absolute Gasteiger partial charge is 0.147 e. The minimum Gasteiger partial charge on any atom is -0.351 e. The Kier molecular flexibility index (Phi) is 2.57. The second-order valence-corrected chi connectivity index (χ2v) is 4.14. The monoisotopic (exact) mass is 241 g/mol. The molecule has 0 aliphatic carbocycles. The van der Waals surface area contributed by atoms with Gasteiger partial charge in [-0.25, -0.2) is 4.39 Å². The molecule has 3 nitrogen and oxygen atoms in total. The van der Waals surface area contributed by atoms with Crippen LogP contribution in [0, 0.1) is 5.82 Å². The van der Waals surface area contributed by atoms with Gasteiger partial charge in [0.05, 0.1) is 16.9 Å². The number of para-hydroxylation sites is 1. The Labute approximate surface area is 103 Å². The zero-order valence-electron chi connectivity index (χ0n) is 9.65. The van der Waals surface area contributed by atoms with Gasteiger partial charge in [-0.1, -0.05) is 12.1 Å². The molecule has 0 saturated carbocycles. The summed E-state index contributed by atoms with van der Waals surface area (Å²) in [6.45, 7) is 0.462. The normalized spacial score (nSPS) is 11.0. The number of halogens is 1. The first-order chi connectivity index (χ1) is 8.78. The number of nitrogens with two attached hydrogens (primary N) is 1. The van der Waals surface area contributed by atoms with Crippen molar-refractivity contribution in [2.45, 2.75) is 6.54 Å². The maximum atomic E-state index is 13.6. The van der Waals surface area contributed by atoms with Gasteiger partial charge < -0.3 is 10.7 Å². The summed E-state index contributed by atoms with van der Waals surface area (Å²) in [5.41, 5.74) is 8.67. The summed E-state index contributed by atoms with van der Waals surface area (Å²) >= 11 is 0. The third-order valence-electron chi connectivity index (χ3n) is 2.94. The Morgan fingerprint density at radius 1 is 1.22 bits per heavy atom. The molecular formula is C14H12FN3. The van der Waals surface area contributed by atoms with Crippen molar-refractivity contribution >= 4 is 10.9 Å². The van der Waals surface area contributed by atoms with Gasteiger partial charge in [0.1, 0.15) is 5.82 Å². The van der Waals surface area contributed by atoms with Crippen LogP contribution >= 0.6 is 0 Å². The lowest BCUT2D eigenvalue weighted by molar-refractivity contribution is 0.637. The van der Waals surface area contributed by atoms with Gasteiger partial charge in [0.2, 0.25) is 0 Å². The van der Waals surface area contributed by atoms with Crippen molar-refractivity contribution in [3.8, 4) is 11.4 Å². The maximum Gasteiger partial charge on any atom is 0.147 e. The van der Waals surface area contributed by atoms with Crippen LogP contribution in [-0.4, -0.2) is 9.97 Å². The van der Waals surface area contributed by atoms with Crippen molar-refractivity contribution in [3.05, 3.63) is 54.0 Å². The van der Waals surface area contributed by atoms with Crippen molar-refractivity contribution in [1.29, 1.82) is 0 Å². The highest BCUT2D eigenvalue weighted by atomic mass is 19.1. The third kappa shape index (κ3) is 1.76. The first-order valence-corrected chi connectivity index (χ1v) is 5.70. The van der Waals surface area contributed by atoms with Crippen LogP contribution in [0.3, 0.4) is 0 Å². The highest BCUT2D eigenvalue weighted by Crippen LogP contribution is 2.24. The van der Waals surface area contributed by atoms with E-state index in [1.807, 2.05) is 24.3 Å². The predicted molar refractivity (Wildman–Crippen MR) is 69.4 cm³/mol. The number of hydrogen-bond donors (Lipinski definition) is 2. The molecule has 0 aliphatic heterocycles. The van der Waals surface area contributed by atoms with Crippen LogP contribution in [0.2, 0.25) is 0 Å². The van der Waals surface area contributed by atoms with Crippen LogP contribution in [0.5, 0.6) is 0 Å². The van der Waals surface area contributed by atoms with Gasteiger partial charge in [-0.2, -0.15) is 0 Å². The predicted octanol–water partition coefficient (Wildman–Crippen LogP) is 2.83. The van der Waals surface area contributed by atoms with E-state index in [1.54, 1.807) is 12.3 Å². The van der Waals surface area contributed by atoms with Gasteiger partial charge >= 0.3 is 0 Å². The van der Waals surface area contributed by atoms with E-state index in [1.165, 1.54) is 6.07 Å². The van der Waals surface area contributed by atoms with Crippen LogP contribution in [0.1, 0.15) is 5.56 Å². The molecule has 3 aromatic rings. The SMILES string of the molecule is NCc1ccnc(-c2cc3cccc(F)c3[nH]2)c1. The number of hydrogen-bond acceptors (Lipinski definition) is 2. The van der Waals surface area contributed by atoms with Gasteiger partial charge in [-0.05, 0) is 29.8 Å². The van der Waals surface area contributed by atoms with E-state index in [0.717, 1.165) is 22.3 Å². The van der Waals surface area contributed by atoms with E-state index in [4.69, 9.17) is 5.73 Å². The summed E-state index contributed by atoms with van der Waals surface area (Å²) in [6, 6.07) is 10.7. The second-order valence-electron chi connectivity index (χ2n) is 4.14.